The lowest BCUT2D eigenvalue weighted by Crippen LogP contribution is -2.31. The molecule has 1 saturated heterocycles. The molecule has 0 saturated carbocycles. The van der Waals surface area contributed by atoms with Gasteiger partial charge in [0.2, 0.25) is 5.91 Å². The molecule has 0 bridgehead atoms. The zero-order chi connectivity index (χ0) is 15.4. The molecule has 21 heavy (non-hydrogen) atoms. The van der Waals surface area contributed by atoms with Crippen LogP contribution in [-0.2, 0) is 15.3 Å². The predicted molar refractivity (Wildman–Crippen MR) is 84.2 cm³/mol. The number of carbonyl (C=O) groups is 2. The summed E-state index contributed by atoms with van der Waals surface area (Å²) in [7, 11) is 0. The number of carboxylic acids is 1. The topological polar surface area (TPSA) is 57.6 Å². The molecule has 0 radical (unpaired) electrons. The molecule has 4 nitrogen and oxygen atoms in total. The van der Waals surface area contributed by atoms with Gasteiger partial charge in [0, 0.05) is 18.8 Å². The SMILES string of the molecule is Cc1cccc(CSCC(=O)N2CC(C)C(C(=O)O)C2)c1. The van der Waals surface area contributed by atoms with E-state index in [4.69, 9.17) is 5.11 Å². The molecule has 2 rings (SSSR count). The second-order valence-electron chi connectivity index (χ2n) is 5.70. The van der Waals surface area contributed by atoms with Crippen molar-refractivity contribution in [1.82, 2.24) is 4.90 Å². The lowest BCUT2D eigenvalue weighted by molar-refractivity contribution is -0.142. The van der Waals surface area contributed by atoms with Gasteiger partial charge in [0.15, 0.2) is 0 Å². The number of carbonyl (C=O) groups excluding carboxylic acids is 1. The number of hydrogen-bond donors (Lipinski definition) is 1. The molecule has 5 heteroatoms. The van der Waals surface area contributed by atoms with Gasteiger partial charge in [-0.1, -0.05) is 36.8 Å². The van der Waals surface area contributed by atoms with Gasteiger partial charge in [-0.15, -0.1) is 11.8 Å². The van der Waals surface area contributed by atoms with Crippen LogP contribution in [-0.4, -0.2) is 40.7 Å². The van der Waals surface area contributed by atoms with Crippen LogP contribution in [0.2, 0.25) is 0 Å². The van der Waals surface area contributed by atoms with E-state index in [1.54, 1.807) is 16.7 Å². The summed E-state index contributed by atoms with van der Waals surface area (Å²) in [6.07, 6.45) is 0. The minimum absolute atomic E-state index is 0.0354. The van der Waals surface area contributed by atoms with Crippen molar-refractivity contribution in [3.63, 3.8) is 0 Å². The highest BCUT2D eigenvalue weighted by Gasteiger charge is 2.36. The molecule has 1 heterocycles. The van der Waals surface area contributed by atoms with Gasteiger partial charge < -0.3 is 10.0 Å². The summed E-state index contributed by atoms with van der Waals surface area (Å²) in [4.78, 5) is 24.9. The Morgan fingerprint density at radius 3 is 2.76 bits per heavy atom. The van der Waals surface area contributed by atoms with Crippen molar-refractivity contribution in [2.75, 3.05) is 18.8 Å². The summed E-state index contributed by atoms with van der Waals surface area (Å²) in [5.41, 5.74) is 2.43. The monoisotopic (exact) mass is 307 g/mol. The largest absolute Gasteiger partial charge is 0.481 e. The van der Waals surface area contributed by atoms with E-state index >= 15 is 0 Å². The lowest BCUT2D eigenvalue weighted by Gasteiger charge is -2.15. The van der Waals surface area contributed by atoms with Crippen LogP contribution in [0.4, 0.5) is 0 Å². The van der Waals surface area contributed by atoms with Crippen molar-refractivity contribution < 1.29 is 14.7 Å². The summed E-state index contributed by atoms with van der Waals surface area (Å²) in [5.74, 6) is 0.0732. The highest BCUT2D eigenvalue weighted by atomic mass is 32.2. The van der Waals surface area contributed by atoms with Crippen LogP contribution in [0.3, 0.4) is 0 Å². The zero-order valence-electron chi connectivity index (χ0n) is 12.4. The fourth-order valence-electron chi connectivity index (χ4n) is 2.64. The van der Waals surface area contributed by atoms with Gasteiger partial charge in [-0.05, 0) is 18.4 Å². The van der Waals surface area contributed by atoms with Crippen LogP contribution in [0.15, 0.2) is 24.3 Å². The number of aryl methyl sites for hydroxylation is 1. The number of aliphatic carboxylic acids is 1. The van der Waals surface area contributed by atoms with E-state index in [-0.39, 0.29) is 11.8 Å². The van der Waals surface area contributed by atoms with E-state index in [0.717, 1.165) is 5.75 Å². The molecule has 1 fully saturated rings. The maximum Gasteiger partial charge on any atom is 0.308 e. The van der Waals surface area contributed by atoms with Crippen molar-refractivity contribution in [3.05, 3.63) is 35.4 Å². The average molecular weight is 307 g/mol. The molecule has 0 aromatic heterocycles. The first-order chi connectivity index (χ1) is 9.97. The molecule has 0 spiro atoms. The third kappa shape index (κ3) is 4.24. The molecule has 0 aliphatic carbocycles. The molecule has 114 valence electrons. The number of carboxylic acid groups (broad SMARTS) is 1. The highest BCUT2D eigenvalue weighted by Crippen LogP contribution is 2.24. The second-order valence-corrected chi connectivity index (χ2v) is 6.69. The van der Waals surface area contributed by atoms with Gasteiger partial charge in [-0.3, -0.25) is 9.59 Å². The van der Waals surface area contributed by atoms with Crippen LogP contribution in [0.25, 0.3) is 0 Å². The maximum atomic E-state index is 12.1. The number of benzene rings is 1. The predicted octanol–water partition coefficient (Wildman–Crippen LogP) is 2.41. The fourth-order valence-corrected chi connectivity index (χ4v) is 3.52. The highest BCUT2D eigenvalue weighted by molar-refractivity contribution is 7.99. The average Bonchev–Trinajstić information content (AvgIpc) is 2.81. The van der Waals surface area contributed by atoms with E-state index in [9.17, 15) is 9.59 Å². The van der Waals surface area contributed by atoms with Crippen LogP contribution in [0.5, 0.6) is 0 Å². The quantitative estimate of drug-likeness (QED) is 0.907. The van der Waals surface area contributed by atoms with Gasteiger partial charge >= 0.3 is 5.97 Å². The van der Waals surface area contributed by atoms with Crippen LogP contribution < -0.4 is 0 Å². The fraction of sp³-hybridized carbons (Fsp3) is 0.500. The first-order valence-corrected chi connectivity index (χ1v) is 8.26. The minimum Gasteiger partial charge on any atom is -0.481 e. The Labute approximate surface area is 129 Å². The van der Waals surface area contributed by atoms with Crippen LogP contribution >= 0.6 is 11.8 Å². The Hall–Kier alpha value is -1.49. The zero-order valence-corrected chi connectivity index (χ0v) is 13.2. The molecule has 1 aromatic rings. The van der Waals surface area contributed by atoms with E-state index < -0.39 is 11.9 Å². The molecular formula is C16H21NO3S. The van der Waals surface area contributed by atoms with Gasteiger partial charge in [0.25, 0.3) is 0 Å². The second kappa shape index (κ2) is 6.98. The number of hydrogen-bond acceptors (Lipinski definition) is 3. The third-order valence-electron chi connectivity index (χ3n) is 3.86. The maximum absolute atomic E-state index is 12.1. The van der Waals surface area contributed by atoms with Crippen molar-refractivity contribution in [1.29, 1.82) is 0 Å². The normalized spacial score (nSPS) is 21.5. The molecule has 1 aliphatic rings. The standard InChI is InChI=1S/C16H21NO3S/c1-11-4-3-5-13(6-11)9-21-10-15(18)17-7-12(2)14(8-17)16(19)20/h3-6,12,14H,7-10H2,1-2H3,(H,19,20). The summed E-state index contributed by atoms with van der Waals surface area (Å²) < 4.78 is 0. The number of amides is 1. The van der Waals surface area contributed by atoms with Gasteiger partial charge in [0.05, 0.1) is 11.7 Å². The summed E-state index contributed by atoms with van der Waals surface area (Å²) in [6.45, 7) is 4.85. The van der Waals surface area contributed by atoms with Crippen molar-refractivity contribution in [2.45, 2.75) is 19.6 Å². The Bertz CT molecular complexity index is 532. The molecule has 2 atom stereocenters. The summed E-state index contributed by atoms with van der Waals surface area (Å²) >= 11 is 1.58. The van der Waals surface area contributed by atoms with E-state index in [2.05, 4.69) is 25.1 Å². The molecular weight excluding hydrogens is 286 g/mol. The Balaban J connectivity index is 1.79. The Morgan fingerprint density at radius 1 is 1.38 bits per heavy atom. The summed E-state index contributed by atoms with van der Waals surface area (Å²) in [5, 5.41) is 9.09. The minimum atomic E-state index is -0.801. The molecule has 1 aromatic carbocycles. The van der Waals surface area contributed by atoms with E-state index in [1.807, 2.05) is 13.0 Å². The molecule has 1 aliphatic heterocycles. The van der Waals surface area contributed by atoms with Gasteiger partial charge in [-0.25, -0.2) is 0 Å². The Morgan fingerprint density at radius 2 is 2.14 bits per heavy atom. The van der Waals surface area contributed by atoms with Crippen LogP contribution in [0.1, 0.15) is 18.1 Å². The first-order valence-electron chi connectivity index (χ1n) is 7.11. The van der Waals surface area contributed by atoms with E-state index in [1.165, 1.54) is 11.1 Å². The molecule has 2 unspecified atom stereocenters. The Kier molecular flexibility index (Phi) is 5.28. The van der Waals surface area contributed by atoms with E-state index in [0.29, 0.717) is 18.8 Å². The van der Waals surface area contributed by atoms with Gasteiger partial charge in [-0.2, -0.15) is 0 Å². The molecule has 1 amide bonds. The number of likely N-dealkylation sites (tertiary alicyclic amines) is 1. The van der Waals surface area contributed by atoms with Crippen molar-refractivity contribution >= 4 is 23.6 Å². The van der Waals surface area contributed by atoms with Gasteiger partial charge in [0.1, 0.15) is 0 Å². The number of rotatable bonds is 5. The lowest BCUT2D eigenvalue weighted by atomic mass is 9.99. The smallest absolute Gasteiger partial charge is 0.308 e. The van der Waals surface area contributed by atoms with Crippen LogP contribution in [0, 0.1) is 18.8 Å². The molecule has 1 N–H and O–H groups in total. The number of thioether (sulfide) groups is 1. The van der Waals surface area contributed by atoms with Crippen molar-refractivity contribution in [3.8, 4) is 0 Å². The first kappa shape index (κ1) is 15.9. The summed E-state index contributed by atoms with van der Waals surface area (Å²) in [6, 6.07) is 8.25. The van der Waals surface area contributed by atoms with Crippen molar-refractivity contribution in [2.24, 2.45) is 11.8 Å². The number of nitrogens with zero attached hydrogens (tertiary/aromatic N) is 1. The third-order valence-corrected chi connectivity index (χ3v) is 4.85.